The average molecular weight is 226 g/mol. The summed E-state index contributed by atoms with van der Waals surface area (Å²) in [6.07, 6.45) is 2.60. The Morgan fingerprint density at radius 3 is 2.53 bits per heavy atom. The predicted molar refractivity (Wildman–Crippen MR) is 71.5 cm³/mol. The van der Waals surface area contributed by atoms with Crippen LogP contribution in [0.4, 0.5) is 0 Å². The zero-order chi connectivity index (χ0) is 11.8. The molecule has 0 N–H and O–H groups in total. The molecule has 17 heavy (non-hydrogen) atoms. The van der Waals surface area contributed by atoms with Crippen LogP contribution in [0.3, 0.4) is 0 Å². The highest BCUT2D eigenvalue weighted by Gasteiger charge is 2.32. The fraction of sp³-hybridized carbons (Fsp3) is 0.375. The third kappa shape index (κ3) is 1.90. The molecule has 0 saturated heterocycles. The number of ether oxygens (including phenoxy) is 1. The summed E-state index contributed by atoms with van der Waals surface area (Å²) in [6, 6.07) is 12.9. The molecule has 2 atom stereocenters. The Hall–Kier alpha value is -1.50. The van der Waals surface area contributed by atoms with Crippen LogP contribution in [-0.4, -0.2) is 7.11 Å². The van der Waals surface area contributed by atoms with Gasteiger partial charge < -0.3 is 4.74 Å². The Morgan fingerprint density at radius 2 is 1.82 bits per heavy atom. The van der Waals surface area contributed by atoms with Crippen molar-refractivity contribution in [3.8, 4) is 5.75 Å². The molecule has 1 fully saturated rings. The summed E-state index contributed by atoms with van der Waals surface area (Å²) >= 11 is 0. The van der Waals surface area contributed by atoms with E-state index in [1.54, 1.807) is 7.11 Å². The number of methoxy groups -OCH3 is 1. The van der Waals surface area contributed by atoms with Crippen LogP contribution < -0.4 is 4.74 Å². The maximum Gasteiger partial charge on any atom is 0.126 e. The van der Waals surface area contributed by atoms with Gasteiger partial charge in [-0.1, -0.05) is 37.3 Å². The van der Waals surface area contributed by atoms with E-state index in [0.29, 0.717) is 0 Å². The van der Waals surface area contributed by atoms with E-state index in [0.717, 1.165) is 17.6 Å². The van der Waals surface area contributed by atoms with E-state index in [2.05, 4.69) is 37.3 Å². The van der Waals surface area contributed by atoms with E-state index >= 15 is 0 Å². The number of hydrogen-bond acceptors (Lipinski definition) is 1. The molecule has 0 heterocycles. The van der Waals surface area contributed by atoms with Crippen molar-refractivity contribution in [3.05, 3.63) is 42.0 Å². The van der Waals surface area contributed by atoms with Gasteiger partial charge >= 0.3 is 0 Å². The van der Waals surface area contributed by atoms with Crippen LogP contribution in [-0.2, 0) is 6.42 Å². The smallest absolute Gasteiger partial charge is 0.126 e. The van der Waals surface area contributed by atoms with Gasteiger partial charge in [-0.2, -0.15) is 0 Å². The highest BCUT2D eigenvalue weighted by molar-refractivity contribution is 5.91. The molecule has 0 spiro atoms. The average Bonchev–Trinajstić information content (AvgIpc) is 3.04. The van der Waals surface area contributed by atoms with Crippen LogP contribution in [0, 0.1) is 11.8 Å². The van der Waals surface area contributed by atoms with Gasteiger partial charge in [-0.05, 0) is 41.7 Å². The number of fused-ring (bicyclic) bond motifs is 1. The molecule has 0 amide bonds. The second-order valence-corrected chi connectivity index (χ2v) is 5.15. The van der Waals surface area contributed by atoms with Gasteiger partial charge in [-0.25, -0.2) is 0 Å². The first kappa shape index (κ1) is 10.6. The minimum absolute atomic E-state index is 0.895. The van der Waals surface area contributed by atoms with Gasteiger partial charge in [0.2, 0.25) is 0 Å². The highest BCUT2D eigenvalue weighted by Crippen LogP contribution is 2.41. The van der Waals surface area contributed by atoms with Crippen LogP contribution in [0.5, 0.6) is 5.75 Å². The minimum Gasteiger partial charge on any atom is -0.496 e. The topological polar surface area (TPSA) is 9.23 Å². The van der Waals surface area contributed by atoms with Gasteiger partial charge in [-0.15, -0.1) is 0 Å². The fourth-order valence-corrected chi connectivity index (χ4v) is 2.67. The predicted octanol–water partition coefficient (Wildman–Crippen LogP) is 4.05. The lowest BCUT2D eigenvalue weighted by Gasteiger charge is -2.09. The lowest BCUT2D eigenvalue weighted by atomic mass is 9.99. The van der Waals surface area contributed by atoms with Gasteiger partial charge in [0.05, 0.1) is 7.11 Å². The van der Waals surface area contributed by atoms with Gasteiger partial charge in [0, 0.05) is 5.39 Å². The van der Waals surface area contributed by atoms with Crippen LogP contribution in [0.25, 0.3) is 10.8 Å². The first-order valence-electron chi connectivity index (χ1n) is 6.34. The van der Waals surface area contributed by atoms with Crippen molar-refractivity contribution in [1.29, 1.82) is 0 Å². The number of hydrogen-bond donors (Lipinski definition) is 0. The molecule has 0 aromatic heterocycles. The second kappa shape index (κ2) is 4.06. The van der Waals surface area contributed by atoms with Crippen molar-refractivity contribution < 1.29 is 4.74 Å². The summed E-state index contributed by atoms with van der Waals surface area (Å²) in [5.74, 6) is 2.79. The van der Waals surface area contributed by atoms with Gasteiger partial charge in [0.1, 0.15) is 5.75 Å². The molecular weight excluding hydrogens is 208 g/mol. The van der Waals surface area contributed by atoms with E-state index in [4.69, 9.17) is 4.74 Å². The van der Waals surface area contributed by atoms with Crippen molar-refractivity contribution in [3.63, 3.8) is 0 Å². The van der Waals surface area contributed by atoms with Crippen molar-refractivity contribution >= 4 is 10.8 Å². The zero-order valence-corrected chi connectivity index (χ0v) is 10.4. The summed E-state index contributed by atoms with van der Waals surface area (Å²) in [6.45, 7) is 2.34. The molecule has 1 nitrogen and oxygen atoms in total. The van der Waals surface area contributed by atoms with E-state index in [-0.39, 0.29) is 0 Å². The first-order chi connectivity index (χ1) is 8.29. The molecule has 1 aliphatic rings. The van der Waals surface area contributed by atoms with Crippen molar-refractivity contribution in [2.75, 3.05) is 7.11 Å². The normalized spacial score (nSPS) is 22.7. The number of benzene rings is 2. The first-order valence-corrected chi connectivity index (χ1v) is 6.34. The highest BCUT2D eigenvalue weighted by atomic mass is 16.5. The Balaban J connectivity index is 2.06. The zero-order valence-electron chi connectivity index (χ0n) is 10.4. The lowest BCUT2D eigenvalue weighted by molar-refractivity contribution is 0.420. The van der Waals surface area contributed by atoms with Gasteiger partial charge in [-0.3, -0.25) is 0 Å². The Morgan fingerprint density at radius 1 is 1.12 bits per heavy atom. The maximum atomic E-state index is 5.42. The molecule has 2 aromatic rings. The van der Waals surface area contributed by atoms with Crippen LogP contribution in [0.1, 0.15) is 18.9 Å². The van der Waals surface area contributed by atoms with E-state index in [9.17, 15) is 0 Å². The molecule has 0 radical (unpaired) electrons. The maximum absolute atomic E-state index is 5.42. The molecular formula is C16H18O. The molecule has 1 heteroatoms. The fourth-order valence-electron chi connectivity index (χ4n) is 2.67. The molecule has 0 bridgehead atoms. The minimum atomic E-state index is 0.895. The quantitative estimate of drug-likeness (QED) is 0.767. The van der Waals surface area contributed by atoms with Gasteiger partial charge in [0.15, 0.2) is 0 Å². The van der Waals surface area contributed by atoms with E-state index < -0.39 is 0 Å². The SMILES string of the molecule is COc1cccc2c(CC3CC3C)cccc12. The molecule has 2 aromatic carbocycles. The molecule has 2 unspecified atom stereocenters. The van der Waals surface area contributed by atoms with Crippen molar-refractivity contribution in [2.24, 2.45) is 11.8 Å². The van der Waals surface area contributed by atoms with E-state index in [1.165, 1.54) is 29.2 Å². The van der Waals surface area contributed by atoms with E-state index in [1.807, 2.05) is 6.07 Å². The van der Waals surface area contributed by atoms with Crippen LogP contribution in [0.2, 0.25) is 0 Å². The summed E-state index contributed by atoms with van der Waals surface area (Å²) in [4.78, 5) is 0. The lowest BCUT2D eigenvalue weighted by Crippen LogP contribution is -1.92. The van der Waals surface area contributed by atoms with Gasteiger partial charge in [0.25, 0.3) is 0 Å². The van der Waals surface area contributed by atoms with Crippen molar-refractivity contribution in [2.45, 2.75) is 19.8 Å². The number of rotatable bonds is 3. The summed E-state index contributed by atoms with van der Waals surface area (Å²) in [5.41, 5.74) is 1.47. The Kier molecular flexibility index (Phi) is 2.54. The second-order valence-electron chi connectivity index (χ2n) is 5.15. The third-order valence-corrected chi connectivity index (χ3v) is 3.95. The Labute approximate surface area is 102 Å². The van der Waals surface area contributed by atoms with Crippen LogP contribution in [0.15, 0.2) is 36.4 Å². The summed E-state index contributed by atoms with van der Waals surface area (Å²) < 4.78 is 5.42. The van der Waals surface area contributed by atoms with Crippen LogP contribution >= 0.6 is 0 Å². The monoisotopic (exact) mass is 226 g/mol. The molecule has 1 saturated carbocycles. The molecule has 0 aliphatic heterocycles. The molecule has 88 valence electrons. The molecule has 3 rings (SSSR count). The molecule has 1 aliphatic carbocycles. The third-order valence-electron chi connectivity index (χ3n) is 3.95. The largest absolute Gasteiger partial charge is 0.496 e. The summed E-state index contributed by atoms with van der Waals surface area (Å²) in [5, 5.41) is 2.59. The Bertz CT molecular complexity index is 544. The standard InChI is InChI=1S/C16H18O/c1-11-9-13(11)10-12-5-3-7-15-14(12)6-4-8-16(15)17-2/h3-8,11,13H,9-10H2,1-2H3. The van der Waals surface area contributed by atoms with Crippen molar-refractivity contribution in [1.82, 2.24) is 0 Å². The summed E-state index contributed by atoms with van der Waals surface area (Å²) in [7, 11) is 1.74.